The van der Waals surface area contributed by atoms with Crippen molar-refractivity contribution in [3.63, 3.8) is 0 Å². The molecule has 5 nitrogen and oxygen atoms in total. The molecule has 2 heterocycles. The molecule has 1 aliphatic heterocycles. The number of likely N-dealkylation sites (N-methyl/N-ethyl adjacent to an activating group) is 1. The number of nitrogens with zero attached hydrogens (tertiary/aromatic N) is 3. The van der Waals surface area contributed by atoms with Crippen molar-refractivity contribution in [1.82, 2.24) is 15.0 Å². The van der Waals surface area contributed by atoms with E-state index in [-0.39, 0.29) is 24.8 Å². The van der Waals surface area contributed by atoms with Crippen LogP contribution < -0.4 is 4.74 Å². The molecule has 1 aromatic carbocycles. The summed E-state index contributed by atoms with van der Waals surface area (Å²) in [6, 6.07) is 9.98. The van der Waals surface area contributed by atoms with Crippen LogP contribution in [0.1, 0.15) is 17.0 Å². The van der Waals surface area contributed by atoms with E-state index in [0.717, 1.165) is 55.5 Å². The normalized spacial score (nSPS) is 15.5. The lowest BCUT2D eigenvalue weighted by Crippen LogP contribution is -2.45. The maximum Gasteiger partial charge on any atom is 0.159 e. The van der Waals surface area contributed by atoms with Gasteiger partial charge in [-0.15, -0.1) is 24.8 Å². The van der Waals surface area contributed by atoms with Gasteiger partial charge in [-0.3, -0.25) is 4.90 Å². The van der Waals surface area contributed by atoms with E-state index in [1.165, 1.54) is 0 Å². The van der Waals surface area contributed by atoms with Gasteiger partial charge in [0.25, 0.3) is 0 Å². The van der Waals surface area contributed by atoms with Crippen molar-refractivity contribution in [3.8, 4) is 5.75 Å². The fraction of sp³-hybridized carbons (Fsp3) is 0.421. The number of halogens is 2. The Morgan fingerprint density at radius 1 is 1.12 bits per heavy atom. The Hall–Kier alpha value is -1.53. The predicted octanol–water partition coefficient (Wildman–Crippen LogP) is 3.62. The molecule has 0 spiro atoms. The van der Waals surface area contributed by atoms with E-state index >= 15 is 0 Å². The van der Waals surface area contributed by atoms with Crippen LogP contribution in [0.15, 0.2) is 34.9 Å². The maximum atomic E-state index is 6.01. The van der Waals surface area contributed by atoms with Crippen molar-refractivity contribution in [2.24, 2.45) is 0 Å². The Morgan fingerprint density at radius 2 is 1.85 bits per heavy atom. The highest BCUT2D eigenvalue weighted by atomic mass is 35.5. The third-order valence-electron chi connectivity index (χ3n) is 4.25. The summed E-state index contributed by atoms with van der Waals surface area (Å²) in [4.78, 5) is 4.82. The first kappa shape index (κ1) is 22.5. The quantitative estimate of drug-likeness (QED) is 0.741. The molecule has 1 aliphatic rings. The molecule has 0 saturated carbocycles. The Morgan fingerprint density at radius 3 is 2.54 bits per heavy atom. The molecule has 0 radical (unpaired) electrons. The number of piperazine rings is 1. The highest BCUT2D eigenvalue weighted by molar-refractivity contribution is 5.85. The molecule has 3 rings (SSSR count). The SMILES string of the molecule is Cc1cc(/C=C/c2ccccc2OCCN2CCN(C)CC2)on1.Cl.Cl. The highest BCUT2D eigenvalue weighted by Crippen LogP contribution is 2.21. The van der Waals surface area contributed by atoms with E-state index in [4.69, 9.17) is 9.26 Å². The van der Waals surface area contributed by atoms with Crippen molar-refractivity contribution in [2.45, 2.75) is 6.92 Å². The molecular formula is C19H27Cl2N3O2. The van der Waals surface area contributed by atoms with Crippen LogP contribution in [0.25, 0.3) is 12.2 Å². The Labute approximate surface area is 167 Å². The summed E-state index contributed by atoms with van der Waals surface area (Å²) in [5.74, 6) is 1.65. The molecule has 1 saturated heterocycles. The summed E-state index contributed by atoms with van der Waals surface area (Å²) in [6.07, 6.45) is 3.92. The van der Waals surface area contributed by atoms with Gasteiger partial charge in [-0.2, -0.15) is 0 Å². The fourth-order valence-electron chi connectivity index (χ4n) is 2.74. The van der Waals surface area contributed by atoms with Crippen LogP contribution in [0.5, 0.6) is 5.75 Å². The summed E-state index contributed by atoms with van der Waals surface area (Å²) in [5.41, 5.74) is 1.93. The van der Waals surface area contributed by atoms with Gasteiger partial charge in [0, 0.05) is 44.4 Å². The first-order valence-corrected chi connectivity index (χ1v) is 8.45. The number of hydrogen-bond donors (Lipinski definition) is 0. The van der Waals surface area contributed by atoms with Crippen molar-refractivity contribution < 1.29 is 9.26 Å². The van der Waals surface area contributed by atoms with E-state index < -0.39 is 0 Å². The van der Waals surface area contributed by atoms with Crippen LogP contribution in [0.2, 0.25) is 0 Å². The first-order valence-electron chi connectivity index (χ1n) is 8.45. The molecule has 0 N–H and O–H groups in total. The van der Waals surface area contributed by atoms with Crippen LogP contribution in [0.4, 0.5) is 0 Å². The van der Waals surface area contributed by atoms with E-state index in [0.29, 0.717) is 6.61 Å². The average molecular weight is 400 g/mol. The molecule has 2 aromatic rings. The second kappa shape index (κ2) is 11.2. The largest absolute Gasteiger partial charge is 0.492 e. The zero-order chi connectivity index (χ0) is 16.8. The van der Waals surface area contributed by atoms with Gasteiger partial charge < -0.3 is 14.2 Å². The smallest absolute Gasteiger partial charge is 0.159 e. The molecule has 0 aliphatic carbocycles. The molecule has 1 fully saturated rings. The van der Waals surface area contributed by atoms with Crippen molar-refractivity contribution in [2.75, 3.05) is 46.4 Å². The van der Waals surface area contributed by atoms with Gasteiger partial charge in [-0.05, 0) is 32.2 Å². The Balaban J connectivity index is 0.00000169. The van der Waals surface area contributed by atoms with E-state index in [1.807, 2.05) is 49.4 Å². The molecule has 0 unspecified atom stereocenters. The van der Waals surface area contributed by atoms with Crippen molar-refractivity contribution >= 4 is 37.0 Å². The fourth-order valence-corrected chi connectivity index (χ4v) is 2.74. The number of ether oxygens (including phenoxy) is 1. The second-order valence-corrected chi connectivity index (χ2v) is 6.24. The molecule has 144 valence electrons. The summed E-state index contributed by atoms with van der Waals surface area (Å²) in [6.45, 7) is 8.09. The lowest BCUT2D eigenvalue weighted by molar-refractivity contribution is 0.133. The summed E-state index contributed by atoms with van der Waals surface area (Å²) in [5, 5.41) is 3.89. The highest BCUT2D eigenvalue weighted by Gasteiger charge is 2.13. The lowest BCUT2D eigenvalue weighted by atomic mass is 10.2. The topological polar surface area (TPSA) is 41.7 Å². The van der Waals surface area contributed by atoms with Crippen LogP contribution in [0, 0.1) is 6.92 Å². The van der Waals surface area contributed by atoms with Crippen molar-refractivity contribution in [3.05, 3.63) is 47.3 Å². The number of aryl methyl sites for hydroxylation is 1. The van der Waals surface area contributed by atoms with E-state index in [2.05, 4.69) is 22.0 Å². The number of aromatic nitrogens is 1. The Kier molecular flexibility index (Phi) is 9.73. The summed E-state index contributed by atoms with van der Waals surface area (Å²) >= 11 is 0. The van der Waals surface area contributed by atoms with Gasteiger partial charge in [0.2, 0.25) is 0 Å². The van der Waals surface area contributed by atoms with Gasteiger partial charge in [0.1, 0.15) is 12.4 Å². The Bertz CT molecular complexity index is 683. The van der Waals surface area contributed by atoms with Gasteiger partial charge >= 0.3 is 0 Å². The third-order valence-corrected chi connectivity index (χ3v) is 4.25. The van der Waals surface area contributed by atoms with Crippen LogP contribution >= 0.6 is 24.8 Å². The van der Waals surface area contributed by atoms with Gasteiger partial charge in [-0.25, -0.2) is 0 Å². The number of benzene rings is 1. The minimum Gasteiger partial charge on any atom is -0.492 e. The maximum absolute atomic E-state index is 6.01. The lowest BCUT2D eigenvalue weighted by Gasteiger charge is -2.32. The van der Waals surface area contributed by atoms with Crippen molar-refractivity contribution in [1.29, 1.82) is 0 Å². The number of rotatable bonds is 6. The molecule has 26 heavy (non-hydrogen) atoms. The van der Waals surface area contributed by atoms with E-state index in [9.17, 15) is 0 Å². The number of para-hydroxylation sites is 1. The zero-order valence-corrected chi connectivity index (χ0v) is 16.9. The van der Waals surface area contributed by atoms with Gasteiger partial charge in [0.15, 0.2) is 5.76 Å². The summed E-state index contributed by atoms with van der Waals surface area (Å²) in [7, 11) is 2.17. The number of hydrogen-bond acceptors (Lipinski definition) is 5. The standard InChI is InChI=1S/C19H25N3O2.2ClH/c1-16-15-18(24-20-16)8-7-17-5-3-4-6-19(17)23-14-13-22-11-9-21(2)10-12-22;;/h3-8,15H,9-14H2,1-2H3;2*1H/b8-7+;;. The van der Waals surface area contributed by atoms with Crippen LogP contribution in [-0.4, -0.2) is 61.3 Å². The first-order chi connectivity index (χ1) is 11.7. The second-order valence-electron chi connectivity index (χ2n) is 6.24. The predicted molar refractivity (Wildman–Crippen MR) is 111 cm³/mol. The minimum absolute atomic E-state index is 0. The third kappa shape index (κ3) is 6.65. The van der Waals surface area contributed by atoms with Crippen LogP contribution in [0.3, 0.4) is 0 Å². The molecule has 0 atom stereocenters. The monoisotopic (exact) mass is 399 g/mol. The van der Waals surface area contributed by atoms with Gasteiger partial charge in [-0.1, -0.05) is 23.4 Å². The van der Waals surface area contributed by atoms with Gasteiger partial charge in [0.05, 0.1) is 5.69 Å². The van der Waals surface area contributed by atoms with E-state index in [1.54, 1.807) is 0 Å². The molecule has 1 aromatic heterocycles. The molecule has 0 bridgehead atoms. The molecule has 7 heteroatoms. The summed E-state index contributed by atoms with van der Waals surface area (Å²) < 4.78 is 11.2. The minimum atomic E-state index is 0. The molecular weight excluding hydrogens is 373 g/mol. The zero-order valence-electron chi connectivity index (χ0n) is 15.3. The molecule has 0 amide bonds. The van der Waals surface area contributed by atoms with Crippen LogP contribution in [-0.2, 0) is 0 Å². The average Bonchev–Trinajstić information content (AvgIpc) is 3.01.